The van der Waals surface area contributed by atoms with Crippen molar-refractivity contribution < 1.29 is 9.53 Å². The molecular formula is C19H24ClNO2S. The number of carbonyl (C=O) groups is 1. The van der Waals surface area contributed by atoms with E-state index in [-0.39, 0.29) is 5.91 Å². The van der Waals surface area contributed by atoms with Crippen molar-refractivity contribution in [2.24, 2.45) is 17.8 Å². The summed E-state index contributed by atoms with van der Waals surface area (Å²) in [6, 6.07) is 5.36. The minimum Gasteiger partial charge on any atom is -0.495 e. The van der Waals surface area contributed by atoms with Crippen LogP contribution < -0.4 is 10.1 Å². The highest BCUT2D eigenvalue weighted by molar-refractivity contribution is 8.01. The number of rotatable bonds is 5. The van der Waals surface area contributed by atoms with Crippen LogP contribution in [0.3, 0.4) is 0 Å². The second-order valence-electron chi connectivity index (χ2n) is 7.79. The molecule has 0 heterocycles. The van der Waals surface area contributed by atoms with E-state index in [1.54, 1.807) is 19.2 Å². The summed E-state index contributed by atoms with van der Waals surface area (Å²) < 4.78 is 5.52. The van der Waals surface area contributed by atoms with Crippen molar-refractivity contribution in [3.63, 3.8) is 0 Å². The van der Waals surface area contributed by atoms with Gasteiger partial charge >= 0.3 is 0 Å². The largest absolute Gasteiger partial charge is 0.495 e. The lowest BCUT2D eigenvalue weighted by Gasteiger charge is -2.56. The number of carbonyl (C=O) groups excluding carboxylic acids is 1. The summed E-state index contributed by atoms with van der Waals surface area (Å²) in [5.74, 6) is 4.00. The molecule has 4 aliphatic carbocycles. The molecule has 1 aromatic carbocycles. The Labute approximate surface area is 152 Å². The highest BCUT2D eigenvalue weighted by atomic mass is 35.5. The lowest BCUT2D eigenvalue weighted by atomic mass is 9.56. The molecule has 0 unspecified atom stereocenters. The molecule has 0 spiro atoms. The van der Waals surface area contributed by atoms with Gasteiger partial charge in [0.2, 0.25) is 5.91 Å². The van der Waals surface area contributed by atoms with Gasteiger partial charge in [0.1, 0.15) is 5.75 Å². The Kier molecular flexibility index (Phi) is 4.46. The third kappa shape index (κ3) is 3.28. The normalized spacial score (nSPS) is 33.5. The lowest BCUT2D eigenvalue weighted by Crippen LogP contribution is -2.49. The maximum atomic E-state index is 12.4. The van der Waals surface area contributed by atoms with Crippen LogP contribution in [0.5, 0.6) is 5.75 Å². The average molecular weight is 366 g/mol. The van der Waals surface area contributed by atoms with Crippen molar-refractivity contribution in [1.82, 2.24) is 0 Å². The summed E-state index contributed by atoms with van der Waals surface area (Å²) in [6.45, 7) is 0. The van der Waals surface area contributed by atoms with Gasteiger partial charge in [-0.25, -0.2) is 0 Å². The van der Waals surface area contributed by atoms with Gasteiger partial charge in [0.25, 0.3) is 0 Å². The highest BCUT2D eigenvalue weighted by Gasteiger charge is 2.51. The maximum absolute atomic E-state index is 12.4. The van der Waals surface area contributed by atoms with Crippen LogP contribution in [0.2, 0.25) is 5.02 Å². The van der Waals surface area contributed by atoms with E-state index in [1.165, 1.54) is 38.5 Å². The van der Waals surface area contributed by atoms with Gasteiger partial charge in [-0.3, -0.25) is 4.79 Å². The summed E-state index contributed by atoms with van der Waals surface area (Å²) in [4.78, 5) is 12.4. The highest BCUT2D eigenvalue weighted by Crippen LogP contribution is 2.60. The molecule has 1 aromatic rings. The predicted octanol–water partition coefficient (Wildman–Crippen LogP) is 4.99. The second-order valence-corrected chi connectivity index (χ2v) is 9.64. The van der Waals surface area contributed by atoms with E-state index < -0.39 is 0 Å². The van der Waals surface area contributed by atoms with E-state index in [0.717, 1.165) is 23.4 Å². The SMILES string of the molecule is COc1ccc(NC(=O)CSC23CC4CC(CC(C4)C2)C3)cc1Cl. The Morgan fingerprint density at radius 2 is 1.88 bits per heavy atom. The molecule has 0 atom stereocenters. The first-order chi connectivity index (χ1) is 11.5. The molecule has 1 N–H and O–H groups in total. The zero-order chi connectivity index (χ0) is 16.7. The predicted molar refractivity (Wildman–Crippen MR) is 100.0 cm³/mol. The molecular weight excluding hydrogens is 342 g/mol. The molecule has 4 bridgehead atoms. The van der Waals surface area contributed by atoms with Crippen molar-refractivity contribution in [3.8, 4) is 5.75 Å². The topological polar surface area (TPSA) is 38.3 Å². The molecule has 0 saturated heterocycles. The van der Waals surface area contributed by atoms with Crippen LogP contribution in [0.1, 0.15) is 38.5 Å². The molecule has 3 nitrogen and oxygen atoms in total. The van der Waals surface area contributed by atoms with Crippen molar-refractivity contribution in [2.75, 3.05) is 18.2 Å². The summed E-state index contributed by atoms with van der Waals surface area (Å²) in [6.07, 6.45) is 8.30. The second kappa shape index (κ2) is 6.45. The summed E-state index contributed by atoms with van der Waals surface area (Å²) in [7, 11) is 1.58. The van der Waals surface area contributed by atoms with Crippen LogP contribution in [-0.4, -0.2) is 23.5 Å². The van der Waals surface area contributed by atoms with Crippen LogP contribution in [0.4, 0.5) is 5.69 Å². The average Bonchev–Trinajstić information content (AvgIpc) is 2.52. The third-order valence-corrected chi connectivity index (χ3v) is 7.74. The van der Waals surface area contributed by atoms with Gasteiger partial charge in [-0.15, -0.1) is 11.8 Å². The van der Waals surface area contributed by atoms with Crippen molar-refractivity contribution in [1.29, 1.82) is 0 Å². The third-order valence-electron chi connectivity index (χ3n) is 5.93. The fourth-order valence-corrected chi connectivity index (χ4v) is 7.20. The number of ether oxygens (including phenoxy) is 1. The Bertz CT molecular complexity index is 613. The van der Waals surface area contributed by atoms with Gasteiger partial charge in [-0.2, -0.15) is 0 Å². The Morgan fingerprint density at radius 3 is 2.42 bits per heavy atom. The summed E-state index contributed by atoms with van der Waals surface area (Å²) in [5, 5.41) is 3.48. The molecule has 4 aliphatic rings. The smallest absolute Gasteiger partial charge is 0.234 e. The quantitative estimate of drug-likeness (QED) is 0.798. The van der Waals surface area contributed by atoms with Gasteiger partial charge in [0.05, 0.1) is 17.9 Å². The first-order valence-corrected chi connectivity index (χ1v) is 10.2. The molecule has 1 amide bonds. The van der Waals surface area contributed by atoms with E-state index >= 15 is 0 Å². The van der Waals surface area contributed by atoms with Crippen LogP contribution in [0.25, 0.3) is 0 Å². The minimum absolute atomic E-state index is 0.0666. The van der Waals surface area contributed by atoms with E-state index in [9.17, 15) is 4.79 Å². The van der Waals surface area contributed by atoms with Crippen molar-refractivity contribution >= 4 is 35.0 Å². The van der Waals surface area contributed by atoms with Gasteiger partial charge < -0.3 is 10.1 Å². The number of nitrogens with one attached hydrogen (secondary N) is 1. The van der Waals surface area contributed by atoms with Gasteiger partial charge in [-0.1, -0.05) is 11.6 Å². The van der Waals surface area contributed by atoms with E-state index in [2.05, 4.69) is 5.32 Å². The fraction of sp³-hybridized carbons (Fsp3) is 0.632. The molecule has 0 aliphatic heterocycles. The Hall–Kier alpha value is -0.870. The lowest BCUT2D eigenvalue weighted by molar-refractivity contribution is -0.113. The number of hydrogen-bond acceptors (Lipinski definition) is 3. The fourth-order valence-electron chi connectivity index (χ4n) is 5.37. The van der Waals surface area contributed by atoms with E-state index in [4.69, 9.17) is 16.3 Å². The molecule has 4 saturated carbocycles. The van der Waals surface area contributed by atoms with Gasteiger partial charge in [0.15, 0.2) is 0 Å². The molecule has 4 fully saturated rings. The Morgan fingerprint density at radius 1 is 1.25 bits per heavy atom. The first-order valence-electron chi connectivity index (χ1n) is 8.82. The van der Waals surface area contributed by atoms with Crippen molar-refractivity contribution in [3.05, 3.63) is 23.2 Å². The molecule has 130 valence electrons. The number of halogens is 1. The minimum atomic E-state index is 0.0666. The van der Waals surface area contributed by atoms with E-state index in [0.29, 0.717) is 21.3 Å². The van der Waals surface area contributed by atoms with Crippen LogP contribution in [0, 0.1) is 17.8 Å². The van der Waals surface area contributed by atoms with Crippen LogP contribution in [-0.2, 0) is 4.79 Å². The van der Waals surface area contributed by atoms with Gasteiger partial charge in [0, 0.05) is 10.4 Å². The molecule has 0 aromatic heterocycles. The Balaban J connectivity index is 1.34. The molecule has 5 rings (SSSR count). The van der Waals surface area contributed by atoms with Crippen LogP contribution in [0.15, 0.2) is 18.2 Å². The molecule has 5 heteroatoms. The number of benzene rings is 1. The number of anilines is 1. The van der Waals surface area contributed by atoms with Crippen LogP contribution >= 0.6 is 23.4 Å². The van der Waals surface area contributed by atoms with Gasteiger partial charge in [-0.05, 0) is 74.5 Å². The summed E-state index contributed by atoms with van der Waals surface area (Å²) in [5.41, 5.74) is 0.733. The number of amides is 1. The number of thioether (sulfide) groups is 1. The zero-order valence-electron chi connectivity index (χ0n) is 14.0. The monoisotopic (exact) mass is 365 g/mol. The molecule has 0 radical (unpaired) electrons. The standard InChI is InChI=1S/C19H24ClNO2S/c1-23-17-3-2-15(7-16(17)20)21-18(22)11-24-19-8-12-4-13(9-19)6-14(5-12)10-19/h2-3,7,12-14H,4-6,8-11H2,1H3,(H,21,22). The first kappa shape index (κ1) is 16.6. The molecule has 24 heavy (non-hydrogen) atoms. The number of hydrogen-bond donors (Lipinski definition) is 1. The summed E-state index contributed by atoms with van der Waals surface area (Å²) >= 11 is 8.02. The maximum Gasteiger partial charge on any atom is 0.234 e. The van der Waals surface area contributed by atoms with Crippen molar-refractivity contribution in [2.45, 2.75) is 43.3 Å². The number of methoxy groups -OCH3 is 1. The zero-order valence-corrected chi connectivity index (χ0v) is 15.6. The van der Waals surface area contributed by atoms with E-state index in [1.807, 2.05) is 17.8 Å².